The van der Waals surface area contributed by atoms with Crippen molar-refractivity contribution >= 4 is 22.5 Å². The van der Waals surface area contributed by atoms with Crippen molar-refractivity contribution in [1.82, 2.24) is 4.98 Å². The van der Waals surface area contributed by atoms with Gasteiger partial charge in [0.15, 0.2) is 0 Å². The number of carbonyl (C=O) groups excluding carboxylic acids is 1. The number of piperidine rings is 1. The van der Waals surface area contributed by atoms with E-state index in [4.69, 9.17) is 10.5 Å². The fraction of sp³-hybridized carbons (Fsp3) is 0.474. The summed E-state index contributed by atoms with van der Waals surface area (Å²) in [5, 5.41) is 0.815. The molecule has 1 amide bonds. The fourth-order valence-corrected chi connectivity index (χ4v) is 3.58. The number of pyridine rings is 1. The Hall–Kier alpha value is -2.21. The summed E-state index contributed by atoms with van der Waals surface area (Å²) in [5.74, 6) is -0.0998. The molecule has 1 saturated heterocycles. The Kier molecular flexibility index (Phi) is 5.48. The number of rotatable bonds is 6. The predicted octanol–water partition coefficient (Wildman–Crippen LogP) is 3.00. The average Bonchev–Trinajstić information content (AvgIpc) is 2.60. The van der Waals surface area contributed by atoms with Crippen molar-refractivity contribution in [3.63, 3.8) is 0 Å². The summed E-state index contributed by atoms with van der Waals surface area (Å²) < 4.78 is 19.0. The topological polar surface area (TPSA) is 68.5 Å². The second-order valence-corrected chi connectivity index (χ2v) is 6.69. The fourth-order valence-electron chi connectivity index (χ4n) is 3.58. The number of methoxy groups -OCH3 is 1. The molecule has 1 aliphatic rings. The van der Waals surface area contributed by atoms with Crippen LogP contribution in [0.5, 0.6) is 0 Å². The predicted molar refractivity (Wildman–Crippen MR) is 95.8 cm³/mol. The number of hydrogen-bond acceptors (Lipinski definition) is 4. The summed E-state index contributed by atoms with van der Waals surface area (Å²) in [6.45, 7) is 2.17. The van der Waals surface area contributed by atoms with Crippen LogP contribution in [0.2, 0.25) is 0 Å². The molecule has 2 N–H and O–H groups in total. The van der Waals surface area contributed by atoms with Crippen LogP contribution in [-0.2, 0) is 16.1 Å². The minimum Gasteiger partial charge on any atom is -0.378 e. The summed E-state index contributed by atoms with van der Waals surface area (Å²) in [6, 6.07) is 6.67. The van der Waals surface area contributed by atoms with Crippen LogP contribution in [-0.4, -0.2) is 31.1 Å². The number of nitrogens with zero attached hydrogens (tertiary/aromatic N) is 2. The highest BCUT2D eigenvalue weighted by molar-refractivity contribution is 5.92. The third-order valence-corrected chi connectivity index (χ3v) is 4.75. The molecule has 0 radical (unpaired) electrons. The van der Waals surface area contributed by atoms with E-state index in [1.54, 1.807) is 19.2 Å². The molecule has 1 atom stereocenters. The van der Waals surface area contributed by atoms with Gasteiger partial charge in [0.25, 0.3) is 0 Å². The third kappa shape index (κ3) is 4.25. The van der Waals surface area contributed by atoms with E-state index in [1.165, 1.54) is 6.07 Å². The van der Waals surface area contributed by atoms with Crippen LogP contribution in [0.4, 0.5) is 10.1 Å². The maximum Gasteiger partial charge on any atom is 0.217 e. The van der Waals surface area contributed by atoms with Crippen LogP contribution in [0.25, 0.3) is 10.9 Å². The molecule has 5 nitrogen and oxygen atoms in total. The molecule has 1 aromatic carbocycles. The number of hydrogen-bond donors (Lipinski definition) is 1. The van der Waals surface area contributed by atoms with Crippen molar-refractivity contribution in [3.8, 4) is 0 Å². The largest absolute Gasteiger partial charge is 0.378 e. The highest BCUT2D eigenvalue weighted by Gasteiger charge is 2.22. The Labute approximate surface area is 147 Å². The lowest BCUT2D eigenvalue weighted by Crippen LogP contribution is -2.36. The molecular formula is C19H24FN3O2. The molecule has 1 unspecified atom stereocenters. The number of halogens is 1. The Bertz CT molecular complexity index is 766. The molecule has 1 fully saturated rings. The van der Waals surface area contributed by atoms with Crippen molar-refractivity contribution in [2.45, 2.75) is 32.3 Å². The van der Waals surface area contributed by atoms with E-state index in [1.807, 2.05) is 6.07 Å². The molecule has 0 spiro atoms. The molecule has 25 heavy (non-hydrogen) atoms. The van der Waals surface area contributed by atoms with E-state index in [2.05, 4.69) is 9.88 Å². The molecule has 134 valence electrons. The van der Waals surface area contributed by atoms with Gasteiger partial charge in [-0.05, 0) is 49.4 Å². The van der Waals surface area contributed by atoms with E-state index in [9.17, 15) is 9.18 Å². The molecule has 6 heteroatoms. The second kappa shape index (κ2) is 7.78. The first kappa shape index (κ1) is 17.6. The first-order chi connectivity index (χ1) is 12.1. The van der Waals surface area contributed by atoms with Gasteiger partial charge in [-0.1, -0.05) is 0 Å². The third-order valence-electron chi connectivity index (χ3n) is 4.75. The minimum atomic E-state index is -0.266. The van der Waals surface area contributed by atoms with Gasteiger partial charge in [0.1, 0.15) is 5.82 Å². The lowest BCUT2D eigenvalue weighted by molar-refractivity contribution is -0.118. The smallest absolute Gasteiger partial charge is 0.217 e. The summed E-state index contributed by atoms with van der Waals surface area (Å²) in [4.78, 5) is 17.9. The van der Waals surface area contributed by atoms with Gasteiger partial charge in [-0.25, -0.2) is 4.39 Å². The second-order valence-electron chi connectivity index (χ2n) is 6.69. The van der Waals surface area contributed by atoms with Crippen LogP contribution in [0.1, 0.15) is 31.4 Å². The van der Waals surface area contributed by atoms with Crippen LogP contribution in [0.3, 0.4) is 0 Å². The minimum absolute atomic E-state index is 0.254. The Morgan fingerprint density at radius 3 is 3.04 bits per heavy atom. The number of aromatic nitrogens is 1. The van der Waals surface area contributed by atoms with Gasteiger partial charge in [0, 0.05) is 37.7 Å². The van der Waals surface area contributed by atoms with E-state index in [-0.39, 0.29) is 11.7 Å². The van der Waals surface area contributed by atoms with E-state index >= 15 is 0 Å². The SMILES string of the molecule is COCc1cc(N2CCCC(CCC(N)=O)C2)c2cc(F)ccc2n1. The standard InChI is InChI=1S/C19H24FN3O2/c1-25-12-15-10-18(16-9-14(20)5-6-17(16)22-15)23-8-2-3-13(11-23)4-7-19(21)24/h5-6,9-10,13H,2-4,7-8,11-12H2,1H3,(H2,21,24). The van der Waals surface area contributed by atoms with Gasteiger partial charge < -0.3 is 15.4 Å². The lowest BCUT2D eigenvalue weighted by atomic mass is 9.92. The molecule has 1 aliphatic heterocycles. The zero-order valence-electron chi connectivity index (χ0n) is 14.5. The number of fused-ring (bicyclic) bond motifs is 1. The molecule has 0 aliphatic carbocycles. The molecule has 3 rings (SSSR count). The number of primary amides is 1. The number of benzene rings is 1. The number of anilines is 1. The number of ether oxygens (including phenoxy) is 1. The molecule has 2 heterocycles. The first-order valence-electron chi connectivity index (χ1n) is 8.68. The van der Waals surface area contributed by atoms with E-state index in [0.717, 1.165) is 54.6 Å². The summed E-state index contributed by atoms with van der Waals surface area (Å²) in [5.41, 5.74) is 7.87. The van der Waals surface area contributed by atoms with Gasteiger partial charge in [0.2, 0.25) is 5.91 Å². The summed E-state index contributed by atoms with van der Waals surface area (Å²) in [6.07, 6.45) is 3.35. The highest BCUT2D eigenvalue weighted by Crippen LogP contribution is 2.32. The zero-order valence-corrected chi connectivity index (χ0v) is 14.5. The van der Waals surface area contributed by atoms with Gasteiger partial charge >= 0.3 is 0 Å². The quantitative estimate of drug-likeness (QED) is 0.874. The van der Waals surface area contributed by atoms with Gasteiger partial charge in [0.05, 0.1) is 17.8 Å². The maximum atomic E-state index is 13.8. The van der Waals surface area contributed by atoms with E-state index < -0.39 is 0 Å². The van der Waals surface area contributed by atoms with Gasteiger partial charge in [-0.15, -0.1) is 0 Å². The highest BCUT2D eigenvalue weighted by atomic mass is 19.1. The van der Waals surface area contributed by atoms with Crippen molar-refractivity contribution in [2.75, 3.05) is 25.1 Å². The van der Waals surface area contributed by atoms with Crippen LogP contribution in [0, 0.1) is 11.7 Å². The molecule has 2 aromatic rings. The van der Waals surface area contributed by atoms with Gasteiger partial charge in [-0.2, -0.15) is 0 Å². The zero-order chi connectivity index (χ0) is 17.8. The summed E-state index contributed by atoms with van der Waals surface area (Å²) >= 11 is 0. The maximum absolute atomic E-state index is 13.8. The van der Waals surface area contributed by atoms with Gasteiger partial charge in [-0.3, -0.25) is 9.78 Å². The number of carbonyl (C=O) groups is 1. The van der Waals surface area contributed by atoms with Crippen molar-refractivity contribution in [1.29, 1.82) is 0 Å². The Morgan fingerprint density at radius 1 is 1.44 bits per heavy atom. The molecule has 1 aromatic heterocycles. The monoisotopic (exact) mass is 345 g/mol. The van der Waals surface area contributed by atoms with Crippen LogP contribution < -0.4 is 10.6 Å². The Balaban J connectivity index is 1.92. The number of amides is 1. The van der Waals surface area contributed by atoms with Crippen LogP contribution in [0.15, 0.2) is 24.3 Å². The van der Waals surface area contributed by atoms with Crippen molar-refractivity contribution < 1.29 is 13.9 Å². The first-order valence-corrected chi connectivity index (χ1v) is 8.68. The lowest BCUT2D eigenvalue weighted by Gasteiger charge is -2.35. The average molecular weight is 345 g/mol. The molecule has 0 bridgehead atoms. The van der Waals surface area contributed by atoms with Crippen molar-refractivity contribution in [2.24, 2.45) is 11.7 Å². The number of nitrogens with two attached hydrogens (primary N) is 1. The molecule has 0 saturated carbocycles. The Morgan fingerprint density at radius 2 is 2.28 bits per heavy atom. The normalized spacial score (nSPS) is 17.8. The summed E-state index contributed by atoms with van der Waals surface area (Å²) in [7, 11) is 1.64. The van der Waals surface area contributed by atoms with Crippen LogP contribution >= 0.6 is 0 Å². The van der Waals surface area contributed by atoms with Crippen molar-refractivity contribution in [3.05, 3.63) is 35.8 Å². The molecular weight excluding hydrogens is 321 g/mol. The van der Waals surface area contributed by atoms with E-state index in [0.29, 0.717) is 18.9 Å².